The summed E-state index contributed by atoms with van der Waals surface area (Å²) in [6.45, 7) is 0. The number of ether oxygens (including phenoxy) is 1. The Balaban J connectivity index is 1.97. The van der Waals surface area contributed by atoms with E-state index in [-0.39, 0.29) is 22.6 Å². The number of allylic oxidation sites excluding steroid dienone is 2. The number of ketones is 2. The van der Waals surface area contributed by atoms with Crippen molar-refractivity contribution in [3.63, 3.8) is 0 Å². The summed E-state index contributed by atoms with van der Waals surface area (Å²) in [5.41, 5.74) is 0.469. The van der Waals surface area contributed by atoms with Crippen molar-refractivity contribution in [2.75, 3.05) is 0 Å². The predicted molar refractivity (Wildman–Crippen MR) is 70.2 cm³/mol. The average molecular weight is 286 g/mol. The molecule has 3 rings (SSSR count). The Hall–Kier alpha value is -2.82. The molecule has 0 radical (unpaired) electrons. The molecule has 0 bridgehead atoms. The normalized spacial score (nSPS) is 13.7. The van der Waals surface area contributed by atoms with Crippen LogP contribution in [0, 0.1) is 11.6 Å². The molecule has 2 aromatic carbocycles. The molecule has 0 saturated heterocycles. The van der Waals surface area contributed by atoms with E-state index < -0.39 is 23.2 Å². The zero-order valence-electron chi connectivity index (χ0n) is 10.6. The highest BCUT2D eigenvalue weighted by Gasteiger charge is 2.27. The molecule has 0 heterocycles. The molecule has 5 heteroatoms. The first-order valence-electron chi connectivity index (χ1n) is 6.09. The highest BCUT2D eigenvalue weighted by Crippen LogP contribution is 2.25. The lowest BCUT2D eigenvalue weighted by Gasteiger charge is -2.15. The molecular weight excluding hydrogens is 278 g/mol. The minimum atomic E-state index is -0.949. The predicted octanol–water partition coefficient (Wildman–Crippen LogP) is 3.31. The molecule has 104 valence electrons. The topological polar surface area (TPSA) is 43.4 Å². The lowest BCUT2D eigenvalue weighted by molar-refractivity contribution is 0.0945. The van der Waals surface area contributed by atoms with Gasteiger partial charge >= 0.3 is 0 Å². The third-order valence-electron chi connectivity index (χ3n) is 3.04. The smallest absolute Gasteiger partial charge is 0.229 e. The van der Waals surface area contributed by atoms with Crippen LogP contribution in [0.5, 0.6) is 5.75 Å². The lowest BCUT2D eigenvalue weighted by atomic mass is 9.94. The molecule has 0 fully saturated rings. The standard InChI is InChI=1S/C16H8F2O3/c17-9-5-6-14(12(18)7-9)21-15-8-13(19)10-3-1-2-4-11(10)16(15)20/h1-8H. The average Bonchev–Trinajstić information content (AvgIpc) is 2.47. The van der Waals surface area contributed by atoms with E-state index >= 15 is 0 Å². The van der Waals surface area contributed by atoms with Crippen molar-refractivity contribution in [1.29, 1.82) is 0 Å². The second-order valence-corrected chi connectivity index (χ2v) is 4.42. The molecule has 0 spiro atoms. The van der Waals surface area contributed by atoms with Gasteiger partial charge in [0.2, 0.25) is 5.78 Å². The number of hydrogen-bond acceptors (Lipinski definition) is 3. The minimum absolute atomic E-state index is 0.197. The van der Waals surface area contributed by atoms with Crippen LogP contribution in [-0.4, -0.2) is 11.6 Å². The maximum Gasteiger partial charge on any atom is 0.229 e. The van der Waals surface area contributed by atoms with Gasteiger partial charge < -0.3 is 4.74 Å². The van der Waals surface area contributed by atoms with Crippen molar-refractivity contribution in [3.8, 4) is 5.75 Å². The number of rotatable bonds is 2. The van der Waals surface area contributed by atoms with E-state index in [1.54, 1.807) is 12.1 Å². The van der Waals surface area contributed by atoms with Crippen LogP contribution in [-0.2, 0) is 0 Å². The first kappa shape index (κ1) is 13.2. The number of hydrogen-bond donors (Lipinski definition) is 0. The maximum absolute atomic E-state index is 13.5. The van der Waals surface area contributed by atoms with Crippen LogP contribution in [0.3, 0.4) is 0 Å². The van der Waals surface area contributed by atoms with E-state index in [1.807, 2.05) is 0 Å². The first-order valence-corrected chi connectivity index (χ1v) is 6.09. The Morgan fingerprint density at radius 1 is 0.905 bits per heavy atom. The van der Waals surface area contributed by atoms with Gasteiger partial charge in [0.15, 0.2) is 23.1 Å². The van der Waals surface area contributed by atoms with Gasteiger partial charge in [0.05, 0.1) is 0 Å². The van der Waals surface area contributed by atoms with E-state index in [4.69, 9.17) is 4.74 Å². The summed E-state index contributed by atoms with van der Waals surface area (Å²) >= 11 is 0. The fourth-order valence-electron chi connectivity index (χ4n) is 2.04. The third kappa shape index (κ3) is 2.33. The highest BCUT2D eigenvalue weighted by molar-refractivity contribution is 6.23. The maximum atomic E-state index is 13.5. The molecule has 2 aromatic rings. The van der Waals surface area contributed by atoms with E-state index in [1.165, 1.54) is 12.1 Å². The first-order chi connectivity index (χ1) is 10.1. The van der Waals surface area contributed by atoms with E-state index in [0.717, 1.165) is 18.2 Å². The molecule has 0 unspecified atom stereocenters. The lowest BCUT2D eigenvalue weighted by Crippen LogP contribution is -2.20. The van der Waals surface area contributed by atoms with E-state index in [2.05, 4.69) is 0 Å². The van der Waals surface area contributed by atoms with Gasteiger partial charge in [0, 0.05) is 23.3 Å². The summed E-state index contributed by atoms with van der Waals surface area (Å²) in [5, 5.41) is 0. The monoisotopic (exact) mass is 286 g/mol. The Labute approximate surface area is 118 Å². The van der Waals surface area contributed by atoms with Gasteiger partial charge in [-0.1, -0.05) is 24.3 Å². The summed E-state index contributed by atoms with van der Waals surface area (Å²) in [6.07, 6.45) is 1.01. The minimum Gasteiger partial charge on any atom is -0.450 e. The molecule has 21 heavy (non-hydrogen) atoms. The number of Topliss-reactive ketones (excluding diaryl/α,β-unsaturated/α-hetero) is 1. The largest absolute Gasteiger partial charge is 0.450 e. The van der Waals surface area contributed by atoms with Crippen molar-refractivity contribution >= 4 is 11.6 Å². The van der Waals surface area contributed by atoms with Crippen molar-refractivity contribution in [2.45, 2.75) is 0 Å². The van der Waals surface area contributed by atoms with Crippen molar-refractivity contribution < 1.29 is 23.1 Å². The van der Waals surface area contributed by atoms with E-state index in [9.17, 15) is 18.4 Å². The molecule has 1 aliphatic rings. The second kappa shape index (κ2) is 4.94. The fraction of sp³-hybridized carbons (Fsp3) is 0. The Morgan fingerprint density at radius 2 is 1.62 bits per heavy atom. The quantitative estimate of drug-likeness (QED) is 0.850. The molecule has 1 aliphatic carbocycles. The van der Waals surface area contributed by atoms with Crippen molar-refractivity contribution in [3.05, 3.63) is 77.1 Å². The molecule has 3 nitrogen and oxygen atoms in total. The van der Waals surface area contributed by atoms with Gasteiger partial charge in [-0.25, -0.2) is 8.78 Å². The summed E-state index contributed by atoms with van der Waals surface area (Å²) in [7, 11) is 0. The summed E-state index contributed by atoms with van der Waals surface area (Å²) < 4.78 is 31.5. The Kier molecular flexibility index (Phi) is 3.10. The molecule has 0 atom stereocenters. The van der Waals surface area contributed by atoms with Crippen LogP contribution < -0.4 is 4.74 Å². The summed E-state index contributed by atoms with van der Waals surface area (Å²) in [4.78, 5) is 24.1. The number of carbonyl (C=O) groups excluding carboxylic acids is 2. The molecule has 0 aromatic heterocycles. The van der Waals surface area contributed by atoms with Gasteiger partial charge in [-0.2, -0.15) is 0 Å². The van der Waals surface area contributed by atoms with Crippen LogP contribution in [0.25, 0.3) is 0 Å². The molecule has 0 N–H and O–H groups in total. The molecule has 0 saturated carbocycles. The number of halogens is 2. The molecule has 0 amide bonds. The van der Waals surface area contributed by atoms with Crippen LogP contribution in [0.1, 0.15) is 20.7 Å². The SMILES string of the molecule is O=C1C=C(Oc2ccc(F)cc2F)C(=O)c2ccccc21. The van der Waals surface area contributed by atoms with Crippen LogP contribution >= 0.6 is 0 Å². The highest BCUT2D eigenvalue weighted by atomic mass is 19.1. The van der Waals surface area contributed by atoms with Gasteiger partial charge in [0.1, 0.15) is 5.82 Å². The van der Waals surface area contributed by atoms with Gasteiger partial charge in [0.25, 0.3) is 0 Å². The third-order valence-corrected chi connectivity index (χ3v) is 3.04. The Morgan fingerprint density at radius 3 is 2.33 bits per heavy atom. The van der Waals surface area contributed by atoms with Crippen molar-refractivity contribution in [1.82, 2.24) is 0 Å². The zero-order valence-corrected chi connectivity index (χ0v) is 10.6. The van der Waals surface area contributed by atoms with Crippen molar-refractivity contribution in [2.24, 2.45) is 0 Å². The van der Waals surface area contributed by atoms with Gasteiger partial charge in [-0.15, -0.1) is 0 Å². The van der Waals surface area contributed by atoms with Gasteiger partial charge in [-0.3, -0.25) is 9.59 Å². The fourth-order valence-corrected chi connectivity index (χ4v) is 2.04. The van der Waals surface area contributed by atoms with Crippen LogP contribution in [0.2, 0.25) is 0 Å². The number of fused-ring (bicyclic) bond motifs is 1. The zero-order chi connectivity index (χ0) is 15.0. The van der Waals surface area contributed by atoms with E-state index in [0.29, 0.717) is 6.07 Å². The second-order valence-electron chi connectivity index (χ2n) is 4.42. The molecule has 0 aliphatic heterocycles. The van der Waals surface area contributed by atoms with Gasteiger partial charge in [-0.05, 0) is 12.1 Å². The Bertz CT molecular complexity index is 794. The summed E-state index contributed by atoms with van der Waals surface area (Å²) in [6, 6.07) is 8.98. The molecular formula is C16H8F2O3. The summed E-state index contributed by atoms with van der Waals surface area (Å²) in [5.74, 6) is -3.23. The number of benzene rings is 2. The van der Waals surface area contributed by atoms with Crippen LogP contribution in [0.4, 0.5) is 8.78 Å². The number of carbonyl (C=O) groups is 2. The van der Waals surface area contributed by atoms with Crippen LogP contribution in [0.15, 0.2) is 54.3 Å².